The fraction of sp³-hybridized carbons (Fsp3) is 0.111. The van der Waals surface area contributed by atoms with Crippen molar-refractivity contribution >= 4 is 51.7 Å². The summed E-state index contributed by atoms with van der Waals surface area (Å²) in [4.78, 5) is 24.8. The molecule has 27 heavy (non-hydrogen) atoms. The smallest absolute Gasteiger partial charge is 0.269 e. The van der Waals surface area contributed by atoms with E-state index >= 15 is 0 Å². The van der Waals surface area contributed by atoms with Crippen LogP contribution in [0.25, 0.3) is 6.08 Å². The third-order valence-corrected chi connectivity index (χ3v) is 5.18. The van der Waals surface area contributed by atoms with Gasteiger partial charge in [0.1, 0.15) is 10.1 Å². The molecule has 9 heteroatoms. The number of non-ortho nitro benzene ring substituents is 1. The Morgan fingerprint density at radius 1 is 1.22 bits per heavy atom. The molecular formula is C18H15N3O4S2. The minimum Gasteiger partial charge on any atom is -0.497 e. The summed E-state index contributed by atoms with van der Waals surface area (Å²) in [6.07, 6.45) is 1.78. The minimum absolute atomic E-state index is 0.00795. The molecule has 7 nitrogen and oxygen atoms in total. The maximum atomic E-state index is 12.6. The van der Waals surface area contributed by atoms with E-state index in [0.29, 0.717) is 14.9 Å². The number of carbonyl (C=O) groups is 1. The zero-order valence-corrected chi connectivity index (χ0v) is 15.9. The van der Waals surface area contributed by atoms with Gasteiger partial charge in [-0.05, 0) is 35.9 Å². The maximum absolute atomic E-state index is 12.6. The van der Waals surface area contributed by atoms with Gasteiger partial charge in [0.15, 0.2) is 0 Å². The summed E-state index contributed by atoms with van der Waals surface area (Å²) in [6, 6.07) is 13.3. The van der Waals surface area contributed by atoms with Crippen molar-refractivity contribution in [3.8, 4) is 5.75 Å². The second-order valence-corrected chi connectivity index (χ2v) is 7.20. The van der Waals surface area contributed by atoms with Gasteiger partial charge in [-0.3, -0.25) is 19.8 Å². The molecule has 1 amide bonds. The third kappa shape index (κ3) is 4.44. The minimum atomic E-state index is -0.463. The highest BCUT2D eigenvalue weighted by Gasteiger charge is 2.31. The van der Waals surface area contributed by atoms with Gasteiger partial charge < -0.3 is 10.1 Å². The van der Waals surface area contributed by atoms with Gasteiger partial charge in [-0.1, -0.05) is 36.1 Å². The van der Waals surface area contributed by atoms with Crippen molar-refractivity contribution in [3.63, 3.8) is 0 Å². The van der Waals surface area contributed by atoms with Gasteiger partial charge in [0.2, 0.25) is 0 Å². The first-order chi connectivity index (χ1) is 13.0. The molecular weight excluding hydrogens is 386 g/mol. The number of nitro benzene ring substituents is 1. The van der Waals surface area contributed by atoms with E-state index in [4.69, 9.17) is 17.0 Å². The van der Waals surface area contributed by atoms with Crippen molar-refractivity contribution < 1.29 is 14.5 Å². The zero-order chi connectivity index (χ0) is 19.4. The fourth-order valence-corrected chi connectivity index (χ4v) is 3.61. The fourth-order valence-electron chi connectivity index (χ4n) is 2.36. The molecule has 0 atom stereocenters. The van der Waals surface area contributed by atoms with Crippen molar-refractivity contribution in [1.82, 2.24) is 4.90 Å². The molecule has 0 radical (unpaired) electrons. The standard InChI is InChI=1S/C18H15N3O4S2/c1-25-15-8-2-12(3-9-15)10-16-17(22)20(18(26)27-16)11-19-13-4-6-14(7-5-13)21(23)24/h2-10,19H,11H2,1H3/b16-10+. The molecule has 0 saturated carbocycles. The lowest BCUT2D eigenvalue weighted by Crippen LogP contribution is -2.33. The van der Waals surface area contributed by atoms with Gasteiger partial charge in [0, 0.05) is 17.8 Å². The Bertz CT molecular complexity index is 911. The molecule has 1 aliphatic rings. The lowest BCUT2D eigenvalue weighted by Gasteiger charge is -2.16. The van der Waals surface area contributed by atoms with Gasteiger partial charge in [-0.2, -0.15) is 0 Å². The molecule has 0 unspecified atom stereocenters. The zero-order valence-electron chi connectivity index (χ0n) is 14.2. The number of amides is 1. The van der Waals surface area contributed by atoms with E-state index in [2.05, 4.69) is 5.32 Å². The first-order valence-electron chi connectivity index (χ1n) is 7.85. The molecule has 1 aliphatic heterocycles. The molecule has 2 aromatic rings. The highest BCUT2D eigenvalue weighted by Crippen LogP contribution is 2.32. The highest BCUT2D eigenvalue weighted by molar-refractivity contribution is 8.26. The molecule has 1 saturated heterocycles. The van der Waals surface area contributed by atoms with Crippen LogP contribution < -0.4 is 10.1 Å². The Morgan fingerprint density at radius 2 is 1.89 bits per heavy atom. The number of ether oxygens (including phenoxy) is 1. The number of thiocarbonyl (C=S) groups is 1. The number of methoxy groups -OCH3 is 1. The van der Waals surface area contributed by atoms with Crippen molar-refractivity contribution in [2.24, 2.45) is 0 Å². The summed E-state index contributed by atoms with van der Waals surface area (Å²) in [5, 5.41) is 13.7. The number of nitro groups is 1. The molecule has 1 heterocycles. The van der Waals surface area contributed by atoms with Crippen molar-refractivity contribution in [2.75, 3.05) is 19.1 Å². The van der Waals surface area contributed by atoms with Crippen LogP contribution >= 0.6 is 24.0 Å². The van der Waals surface area contributed by atoms with E-state index in [-0.39, 0.29) is 18.3 Å². The summed E-state index contributed by atoms with van der Waals surface area (Å²) >= 11 is 6.54. The molecule has 0 aliphatic carbocycles. The van der Waals surface area contributed by atoms with Crippen LogP contribution in [0.2, 0.25) is 0 Å². The summed E-state index contributed by atoms with van der Waals surface area (Å²) in [6.45, 7) is 0.183. The van der Waals surface area contributed by atoms with Crippen molar-refractivity contribution in [2.45, 2.75) is 0 Å². The van der Waals surface area contributed by atoms with Gasteiger partial charge in [0.25, 0.3) is 11.6 Å². The van der Waals surface area contributed by atoms with Crippen LogP contribution in [0.3, 0.4) is 0 Å². The van der Waals surface area contributed by atoms with Gasteiger partial charge in [0.05, 0.1) is 23.6 Å². The monoisotopic (exact) mass is 401 g/mol. The van der Waals surface area contributed by atoms with Crippen LogP contribution in [0.1, 0.15) is 5.56 Å². The first kappa shape index (κ1) is 18.9. The lowest BCUT2D eigenvalue weighted by molar-refractivity contribution is -0.384. The second kappa shape index (κ2) is 8.19. The molecule has 2 aromatic carbocycles. The normalized spacial score (nSPS) is 15.3. The number of benzene rings is 2. The maximum Gasteiger partial charge on any atom is 0.269 e. The molecule has 1 N–H and O–H groups in total. The summed E-state index contributed by atoms with van der Waals surface area (Å²) < 4.78 is 5.57. The van der Waals surface area contributed by atoms with Crippen LogP contribution in [0.15, 0.2) is 53.4 Å². The predicted octanol–water partition coefficient (Wildman–Crippen LogP) is 3.87. The number of hydrogen-bond donors (Lipinski definition) is 1. The quantitative estimate of drug-likeness (QED) is 0.340. The summed E-state index contributed by atoms with van der Waals surface area (Å²) in [5.74, 6) is 0.558. The van der Waals surface area contributed by atoms with Gasteiger partial charge >= 0.3 is 0 Å². The molecule has 0 spiro atoms. The van der Waals surface area contributed by atoms with E-state index in [0.717, 1.165) is 11.3 Å². The second-order valence-electron chi connectivity index (χ2n) is 5.52. The third-order valence-electron chi connectivity index (χ3n) is 3.81. The Balaban J connectivity index is 1.66. The Kier molecular flexibility index (Phi) is 5.72. The summed E-state index contributed by atoms with van der Waals surface area (Å²) in [7, 11) is 1.60. The predicted molar refractivity (Wildman–Crippen MR) is 110 cm³/mol. The van der Waals surface area contributed by atoms with E-state index < -0.39 is 4.92 Å². The number of carbonyl (C=O) groups excluding carboxylic acids is 1. The number of rotatable bonds is 6. The van der Waals surface area contributed by atoms with Crippen LogP contribution in [-0.2, 0) is 4.79 Å². The first-order valence-corrected chi connectivity index (χ1v) is 9.08. The average molecular weight is 401 g/mol. The molecule has 0 aromatic heterocycles. The van der Waals surface area contributed by atoms with E-state index in [9.17, 15) is 14.9 Å². The topological polar surface area (TPSA) is 84.7 Å². The Hall–Kier alpha value is -2.91. The number of nitrogens with one attached hydrogen (secondary N) is 1. The molecule has 0 bridgehead atoms. The van der Waals surface area contributed by atoms with Gasteiger partial charge in [-0.25, -0.2) is 0 Å². The van der Waals surface area contributed by atoms with E-state index in [1.165, 1.54) is 28.8 Å². The van der Waals surface area contributed by atoms with Crippen LogP contribution in [0.4, 0.5) is 11.4 Å². The largest absolute Gasteiger partial charge is 0.497 e. The molecule has 138 valence electrons. The summed E-state index contributed by atoms with van der Waals surface area (Å²) in [5.41, 5.74) is 1.54. The van der Waals surface area contributed by atoms with E-state index in [1.54, 1.807) is 25.3 Å². The van der Waals surface area contributed by atoms with E-state index in [1.807, 2.05) is 24.3 Å². The SMILES string of the molecule is COc1ccc(/C=C2/SC(=S)N(CNc3ccc([N+](=O)[O-])cc3)C2=O)cc1. The lowest BCUT2D eigenvalue weighted by atomic mass is 10.2. The molecule has 1 fully saturated rings. The number of thioether (sulfide) groups is 1. The van der Waals surface area contributed by atoms with Gasteiger partial charge in [-0.15, -0.1) is 0 Å². The number of nitrogens with zero attached hydrogens (tertiary/aromatic N) is 2. The van der Waals surface area contributed by atoms with Crippen molar-refractivity contribution in [3.05, 3.63) is 69.1 Å². The van der Waals surface area contributed by atoms with Crippen LogP contribution in [-0.4, -0.2) is 33.8 Å². The average Bonchev–Trinajstić information content (AvgIpc) is 2.94. The van der Waals surface area contributed by atoms with Crippen LogP contribution in [0.5, 0.6) is 5.75 Å². The van der Waals surface area contributed by atoms with Crippen LogP contribution in [0, 0.1) is 10.1 Å². The Labute approximate surface area is 165 Å². The van der Waals surface area contributed by atoms with Crippen molar-refractivity contribution in [1.29, 1.82) is 0 Å². The molecule has 3 rings (SSSR count). The highest BCUT2D eigenvalue weighted by atomic mass is 32.2. The number of hydrogen-bond acceptors (Lipinski definition) is 7. The Morgan fingerprint density at radius 3 is 2.48 bits per heavy atom. The number of anilines is 1.